The molecular formula is C12H17NO3. The molecule has 0 fully saturated rings. The van der Waals surface area contributed by atoms with Crippen LogP contribution in [0.3, 0.4) is 0 Å². The summed E-state index contributed by atoms with van der Waals surface area (Å²) in [6, 6.07) is 5.74. The Bertz CT molecular complexity index is 363. The minimum absolute atomic E-state index is 0.214. The van der Waals surface area contributed by atoms with E-state index in [9.17, 15) is 0 Å². The third-order valence-electron chi connectivity index (χ3n) is 2.15. The molecule has 1 rings (SSSR count). The minimum atomic E-state index is 0.214. The maximum atomic E-state index is 7.30. The zero-order valence-electron chi connectivity index (χ0n) is 9.87. The quantitative estimate of drug-likeness (QED) is 0.616. The lowest BCUT2D eigenvalue weighted by Gasteiger charge is -2.11. The summed E-state index contributed by atoms with van der Waals surface area (Å²) in [4.78, 5) is 0. The summed E-state index contributed by atoms with van der Waals surface area (Å²) in [5, 5.41) is 7.30. The molecule has 4 nitrogen and oxygen atoms in total. The number of hydrogen-bond acceptors (Lipinski definition) is 4. The van der Waals surface area contributed by atoms with Crippen molar-refractivity contribution in [2.75, 3.05) is 20.8 Å². The lowest BCUT2D eigenvalue weighted by molar-refractivity contribution is 0.289. The van der Waals surface area contributed by atoms with Crippen LogP contribution in [0.5, 0.6) is 11.5 Å². The van der Waals surface area contributed by atoms with Gasteiger partial charge in [-0.1, -0.05) is 6.07 Å². The maximum absolute atomic E-state index is 7.30. The second-order valence-electron chi connectivity index (χ2n) is 3.38. The standard InChI is InChI=1S/C12H17NO3/c1-9-4-5-10(11(8-9)14-2)16-7-6-12(13)15-3/h4-5,8,13H,6-7H2,1-3H3. The van der Waals surface area contributed by atoms with Gasteiger partial charge in [-0.15, -0.1) is 0 Å². The van der Waals surface area contributed by atoms with Crippen molar-refractivity contribution >= 4 is 5.90 Å². The SMILES string of the molecule is COC(=N)CCOc1ccc(C)cc1OC. The fourth-order valence-electron chi connectivity index (χ4n) is 1.25. The number of methoxy groups -OCH3 is 2. The van der Waals surface area contributed by atoms with Crippen LogP contribution in [0.1, 0.15) is 12.0 Å². The summed E-state index contributed by atoms with van der Waals surface area (Å²) in [6.07, 6.45) is 0.452. The fourth-order valence-corrected chi connectivity index (χ4v) is 1.25. The molecule has 0 heterocycles. The summed E-state index contributed by atoms with van der Waals surface area (Å²) in [6.45, 7) is 2.40. The van der Waals surface area contributed by atoms with Crippen molar-refractivity contribution in [3.63, 3.8) is 0 Å². The van der Waals surface area contributed by atoms with E-state index in [1.54, 1.807) is 7.11 Å². The molecule has 0 spiro atoms. The normalized spacial score (nSPS) is 9.69. The van der Waals surface area contributed by atoms with Crippen LogP contribution >= 0.6 is 0 Å². The summed E-state index contributed by atoms with van der Waals surface area (Å²) >= 11 is 0. The first kappa shape index (κ1) is 12.4. The van der Waals surface area contributed by atoms with Crippen LogP contribution in [-0.2, 0) is 4.74 Å². The number of benzene rings is 1. The van der Waals surface area contributed by atoms with Gasteiger partial charge >= 0.3 is 0 Å². The van der Waals surface area contributed by atoms with Crippen molar-refractivity contribution in [2.45, 2.75) is 13.3 Å². The molecule has 0 aliphatic heterocycles. The number of rotatable bonds is 5. The van der Waals surface area contributed by atoms with Gasteiger partial charge in [0.1, 0.15) is 0 Å². The zero-order chi connectivity index (χ0) is 12.0. The molecule has 0 bridgehead atoms. The van der Waals surface area contributed by atoms with E-state index in [1.807, 2.05) is 25.1 Å². The first-order valence-corrected chi connectivity index (χ1v) is 5.06. The molecule has 0 amide bonds. The molecule has 0 aliphatic rings. The van der Waals surface area contributed by atoms with E-state index in [0.717, 1.165) is 5.56 Å². The van der Waals surface area contributed by atoms with Crippen molar-refractivity contribution in [3.8, 4) is 11.5 Å². The Balaban J connectivity index is 2.56. The molecule has 0 saturated heterocycles. The third kappa shape index (κ3) is 3.46. The average Bonchev–Trinajstić information content (AvgIpc) is 2.30. The summed E-state index contributed by atoms with van der Waals surface area (Å²) in [5.41, 5.74) is 1.12. The van der Waals surface area contributed by atoms with Crippen molar-refractivity contribution in [3.05, 3.63) is 23.8 Å². The van der Waals surface area contributed by atoms with E-state index in [-0.39, 0.29) is 5.90 Å². The highest BCUT2D eigenvalue weighted by Gasteiger charge is 2.04. The molecule has 88 valence electrons. The second kappa shape index (κ2) is 6.00. The fraction of sp³-hybridized carbons (Fsp3) is 0.417. The van der Waals surface area contributed by atoms with Gasteiger partial charge in [-0.25, -0.2) is 0 Å². The summed E-state index contributed by atoms with van der Waals surface area (Å²) in [7, 11) is 3.09. The Morgan fingerprint density at radius 2 is 2.00 bits per heavy atom. The van der Waals surface area contributed by atoms with Crippen LogP contribution in [0.4, 0.5) is 0 Å². The van der Waals surface area contributed by atoms with Gasteiger partial charge in [0.05, 0.1) is 27.2 Å². The van der Waals surface area contributed by atoms with Gasteiger partial charge in [-0.2, -0.15) is 0 Å². The predicted molar refractivity (Wildman–Crippen MR) is 62.6 cm³/mol. The first-order valence-electron chi connectivity index (χ1n) is 5.06. The molecule has 4 heteroatoms. The highest BCUT2D eigenvalue weighted by Crippen LogP contribution is 2.27. The van der Waals surface area contributed by atoms with Crippen molar-refractivity contribution in [1.82, 2.24) is 0 Å². The van der Waals surface area contributed by atoms with E-state index >= 15 is 0 Å². The first-order chi connectivity index (χ1) is 7.67. The van der Waals surface area contributed by atoms with Crippen molar-refractivity contribution in [2.24, 2.45) is 0 Å². The summed E-state index contributed by atoms with van der Waals surface area (Å²) < 4.78 is 15.4. The van der Waals surface area contributed by atoms with Crippen molar-refractivity contribution < 1.29 is 14.2 Å². The number of aryl methyl sites for hydroxylation is 1. The Kier molecular flexibility index (Phi) is 4.64. The molecule has 0 aromatic heterocycles. The smallest absolute Gasteiger partial charge is 0.183 e. The van der Waals surface area contributed by atoms with Gasteiger partial charge in [0.15, 0.2) is 17.4 Å². The highest BCUT2D eigenvalue weighted by molar-refractivity contribution is 5.72. The molecule has 1 aromatic carbocycles. The van der Waals surface area contributed by atoms with Crippen LogP contribution in [0, 0.1) is 12.3 Å². The molecule has 1 aromatic rings. The Morgan fingerprint density at radius 1 is 1.25 bits per heavy atom. The van der Waals surface area contributed by atoms with Gasteiger partial charge in [-0.3, -0.25) is 5.41 Å². The average molecular weight is 223 g/mol. The highest BCUT2D eigenvalue weighted by atomic mass is 16.5. The minimum Gasteiger partial charge on any atom is -0.493 e. The van der Waals surface area contributed by atoms with E-state index in [0.29, 0.717) is 24.5 Å². The van der Waals surface area contributed by atoms with Gasteiger partial charge in [0, 0.05) is 0 Å². The Hall–Kier alpha value is -1.71. The predicted octanol–water partition coefficient (Wildman–Crippen LogP) is 2.40. The van der Waals surface area contributed by atoms with Gasteiger partial charge in [0.2, 0.25) is 0 Å². The lowest BCUT2D eigenvalue weighted by Crippen LogP contribution is -2.07. The Morgan fingerprint density at radius 3 is 2.62 bits per heavy atom. The van der Waals surface area contributed by atoms with E-state index < -0.39 is 0 Å². The van der Waals surface area contributed by atoms with Crippen LogP contribution in [-0.4, -0.2) is 26.7 Å². The van der Waals surface area contributed by atoms with Crippen LogP contribution in [0.2, 0.25) is 0 Å². The number of hydrogen-bond donors (Lipinski definition) is 1. The zero-order valence-corrected chi connectivity index (χ0v) is 9.87. The van der Waals surface area contributed by atoms with Crippen LogP contribution in [0.15, 0.2) is 18.2 Å². The van der Waals surface area contributed by atoms with E-state index in [2.05, 4.69) is 0 Å². The van der Waals surface area contributed by atoms with Crippen molar-refractivity contribution in [1.29, 1.82) is 5.41 Å². The molecule has 0 radical (unpaired) electrons. The Labute approximate surface area is 95.6 Å². The van der Waals surface area contributed by atoms with E-state index in [1.165, 1.54) is 7.11 Å². The second-order valence-corrected chi connectivity index (χ2v) is 3.38. The molecule has 16 heavy (non-hydrogen) atoms. The molecule has 0 aliphatic carbocycles. The van der Waals surface area contributed by atoms with Crippen LogP contribution in [0.25, 0.3) is 0 Å². The molecule has 0 saturated carbocycles. The third-order valence-corrected chi connectivity index (χ3v) is 2.15. The van der Waals surface area contributed by atoms with Crippen LogP contribution < -0.4 is 9.47 Å². The molecular weight excluding hydrogens is 206 g/mol. The van der Waals surface area contributed by atoms with E-state index in [4.69, 9.17) is 19.6 Å². The summed E-state index contributed by atoms with van der Waals surface area (Å²) in [5.74, 6) is 1.62. The molecule has 1 N–H and O–H groups in total. The van der Waals surface area contributed by atoms with Gasteiger partial charge < -0.3 is 14.2 Å². The topological polar surface area (TPSA) is 51.5 Å². The van der Waals surface area contributed by atoms with Gasteiger partial charge in [-0.05, 0) is 24.6 Å². The molecule has 0 atom stereocenters. The lowest BCUT2D eigenvalue weighted by atomic mass is 10.2. The monoisotopic (exact) mass is 223 g/mol. The number of ether oxygens (including phenoxy) is 3. The number of nitrogens with one attached hydrogen (secondary N) is 1. The maximum Gasteiger partial charge on any atom is 0.183 e. The van der Waals surface area contributed by atoms with Gasteiger partial charge in [0.25, 0.3) is 0 Å². The largest absolute Gasteiger partial charge is 0.493 e. The molecule has 0 unspecified atom stereocenters.